The SMILES string of the molecule is O=C(NNC(=O)c1ccc(Cn2ccnc2)cc1)c1ccc(Br)cc1. The molecule has 1 aromatic heterocycles. The van der Waals surface area contributed by atoms with Crippen LogP contribution in [0.1, 0.15) is 26.3 Å². The van der Waals surface area contributed by atoms with Gasteiger partial charge in [0.25, 0.3) is 11.8 Å². The molecule has 3 rings (SSSR count). The Bertz CT molecular complexity index is 859. The summed E-state index contributed by atoms with van der Waals surface area (Å²) in [4.78, 5) is 28.1. The second-order valence-corrected chi connectivity index (χ2v) is 6.26. The van der Waals surface area contributed by atoms with Crippen molar-refractivity contribution in [3.8, 4) is 0 Å². The predicted molar refractivity (Wildman–Crippen MR) is 96.8 cm³/mol. The van der Waals surface area contributed by atoms with Crippen molar-refractivity contribution in [3.05, 3.63) is 88.4 Å². The Kier molecular flexibility index (Phi) is 5.25. The van der Waals surface area contributed by atoms with Crippen LogP contribution in [0.3, 0.4) is 0 Å². The minimum absolute atomic E-state index is 0.375. The molecular weight excluding hydrogens is 384 g/mol. The van der Waals surface area contributed by atoms with Gasteiger partial charge in [-0.25, -0.2) is 4.98 Å². The second kappa shape index (κ2) is 7.76. The molecule has 0 aliphatic carbocycles. The third-order valence-corrected chi connectivity index (χ3v) is 4.07. The van der Waals surface area contributed by atoms with Crippen molar-refractivity contribution in [2.24, 2.45) is 0 Å². The summed E-state index contributed by atoms with van der Waals surface area (Å²) in [6, 6.07) is 14.0. The number of hydrogen-bond donors (Lipinski definition) is 2. The van der Waals surface area contributed by atoms with Gasteiger partial charge in [-0.3, -0.25) is 20.4 Å². The number of benzene rings is 2. The van der Waals surface area contributed by atoms with Crippen LogP contribution in [0.5, 0.6) is 0 Å². The molecule has 0 bridgehead atoms. The summed E-state index contributed by atoms with van der Waals surface area (Å²) in [5.74, 6) is -0.753. The first-order valence-corrected chi connectivity index (χ1v) is 8.32. The first kappa shape index (κ1) is 16.9. The molecule has 0 aliphatic rings. The van der Waals surface area contributed by atoms with Crippen molar-refractivity contribution < 1.29 is 9.59 Å². The molecule has 3 aromatic rings. The van der Waals surface area contributed by atoms with Crippen molar-refractivity contribution >= 4 is 27.7 Å². The number of aromatic nitrogens is 2. The molecule has 25 heavy (non-hydrogen) atoms. The van der Waals surface area contributed by atoms with E-state index in [4.69, 9.17) is 0 Å². The Morgan fingerprint density at radius 1 is 0.920 bits per heavy atom. The molecule has 0 atom stereocenters. The fourth-order valence-electron chi connectivity index (χ4n) is 2.21. The second-order valence-electron chi connectivity index (χ2n) is 5.35. The smallest absolute Gasteiger partial charge is 0.269 e. The van der Waals surface area contributed by atoms with E-state index in [2.05, 4.69) is 31.8 Å². The number of imidazole rings is 1. The third kappa shape index (κ3) is 4.54. The van der Waals surface area contributed by atoms with Crippen LogP contribution >= 0.6 is 15.9 Å². The highest BCUT2D eigenvalue weighted by Gasteiger charge is 2.09. The summed E-state index contributed by atoms with van der Waals surface area (Å²) in [6.07, 6.45) is 5.33. The van der Waals surface area contributed by atoms with Crippen molar-refractivity contribution in [1.82, 2.24) is 20.4 Å². The third-order valence-electron chi connectivity index (χ3n) is 3.54. The molecule has 0 saturated carbocycles. The summed E-state index contributed by atoms with van der Waals surface area (Å²) in [5, 5.41) is 0. The average Bonchev–Trinajstić information content (AvgIpc) is 3.13. The number of halogens is 1. The molecule has 2 aromatic carbocycles. The number of amides is 2. The van der Waals surface area contributed by atoms with Crippen LogP contribution < -0.4 is 10.9 Å². The van der Waals surface area contributed by atoms with Gasteiger partial charge in [-0.1, -0.05) is 28.1 Å². The van der Waals surface area contributed by atoms with Gasteiger partial charge in [0.2, 0.25) is 0 Å². The lowest BCUT2D eigenvalue weighted by Crippen LogP contribution is -2.41. The fourth-order valence-corrected chi connectivity index (χ4v) is 2.48. The summed E-state index contributed by atoms with van der Waals surface area (Å²) < 4.78 is 2.82. The number of rotatable bonds is 4. The maximum Gasteiger partial charge on any atom is 0.269 e. The van der Waals surface area contributed by atoms with Crippen molar-refractivity contribution in [2.75, 3.05) is 0 Å². The monoisotopic (exact) mass is 398 g/mol. The van der Waals surface area contributed by atoms with Crippen LogP contribution in [-0.2, 0) is 6.54 Å². The van der Waals surface area contributed by atoms with Crippen molar-refractivity contribution in [1.29, 1.82) is 0 Å². The Morgan fingerprint density at radius 2 is 1.48 bits per heavy atom. The van der Waals surface area contributed by atoms with Gasteiger partial charge in [0, 0.05) is 34.5 Å². The molecule has 2 N–H and O–H groups in total. The number of hydrogen-bond acceptors (Lipinski definition) is 3. The first-order valence-electron chi connectivity index (χ1n) is 7.53. The summed E-state index contributed by atoms with van der Waals surface area (Å²) in [6.45, 7) is 0.683. The molecule has 2 amide bonds. The van der Waals surface area contributed by atoms with Gasteiger partial charge < -0.3 is 4.57 Å². The largest absolute Gasteiger partial charge is 0.333 e. The highest BCUT2D eigenvalue weighted by molar-refractivity contribution is 9.10. The Morgan fingerprint density at radius 3 is 2.00 bits per heavy atom. The predicted octanol–water partition coefficient (Wildman–Crippen LogP) is 2.77. The summed E-state index contributed by atoms with van der Waals surface area (Å²) in [7, 11) is 0. The van der Waals surface area contributed by atoms with Crippen LogP contribution in [0.4, 0.5) is 0 Å². The molecule has 6 nitrogen and oxygen atoms in total. The average molecular weight is 399 g/mol. The van der Waals surface area contributed by atoms with E-state index in [1.807, 2.05) is 22.9 Å². The molecule has 0 aliphatic heterocycles. The van der Waals surface area contributed by atoms with Gasteiger partial charge >= 0.3 is 0 Å². The van der Waals surface area contributed by atoms with E-state index in [9.17, 15) is 9.59 Å². The van der Waals surface area contributed by atoms with Gasteiger partial charge in [-0.2, -0.15) is 0 Å². The van der Waals surface area contributed by atoms with E-state index in [-0.39, 0.29) is 11.8 Å². The van der Waals surface area contributed by atoms with E-state index in [0.717, 1.165) is 10.0 Å². The highest BCUT2D eigenvalue weighted by Crippen LogP contribution is 2.10. The lowest BCUT2D eigenvalue weighted by molar-refractivity contribution is 0.0846. The van der Waals surface area contributed by atoms with Gasteiger partial charge in [0.1, 0.15) is 0 Å². The molecule has 0 unspecified atom stereocenters. The van der Waals surface area contributed by atoms with Crippen LogP contribution in [0.2, 0.25) is 0 Å². The van der Waals surface area contributed by atoms with Gasteiger partial charge in [-0.05, 0) is 42.0 Å². The van der Waals surface area contributed by atoms with Crippen LogP contribution in [0, 0.1) is 0 Å². The topological polar surface area (TPSA) is 76.0 Å². The number of hydrazine groups is 1. The number of nitrogens with zero attached hydrogens (tertiary/aromatic N) is 2. The maximum absolute atomic E-state index is 12.1. The van der Waals surface area contributed by atoms with E-state index < -0.39 is 0 Å². The zero-order chi connectivity index (χ0) is 17.6. The van der Waals surface area contributed by atoms with Crippen LogP contribution in [0.15, 0.2) is 71.7 Å². The Labute approximate surface area is 153 Å². The van der Waals surface area contributed by atoms with Gasteiger partial charge in [0.05, 0.1) is 6.33 Å². The molecule has 1 heterocycles. The minimum Gasteiger partial charge on any atom is -0.333 e. The van der Waals surface area contributed by atoms with Gasteiger partial charge in [-0.15, -0.1) is 0 Å². The van der Waals surface area contributed by atoms with Crippen LogP contribution in [0.25, 0.3) is 0 Å². The van der Waals surface area contributed by atoms with Crippen molar-refractivity contribution in [2.45, 2.75) is 6.54 Å². The number of nitrogens with one attached hydrogen (secondary N) is 2. The number of carbonyl (C=O) groups is 2. The lowest BCUT2D eigenvalue weighted by atomic mass is 10.1. The molecule has 0 fully saturated rings. The maximum atomic E-state index is 12.1. The molecule has 126 valence electrons. The quantitative estimate of drug-likeness (QED) is 0.663. The van der Waals surface area contributed by atoms with Gasteiger partial charge in [0.15, 0.2) is 0 Å². The van der Waals surface area contributed by atoms with Crippen molar-refractivity contribution in [3.63, 3.8) is 0 Å². The standard InChI is InChI=1S/C18H15BrN4O2/c19-16-7-5-15(6-8-16)18(25)22-21-17(24)14-3-1-13(2-4-14)11-23-10-9-20-12-23/h1-10,12H,11H2,(H,21,24)(H,22,25). The minimum atomic E-state index is -0.377. The van der Waals surface area contributed by atoms with E-state index >= 15 is 0 Å². The van der Waals surface area contributed by atoms with E-state index in [1.165, 1.54) is 0 Å². The van der Waals surface area contributed by atoms with Crippen LogP contribution in [-0.4, -0.2) is 21.4 Å². The zero-order valence-electron chi connectivity index (χ0n) is 13.1. The molecular formula is C18H15BrN4O2. The molecule has 0 spiro atoms. The first-order chi connectivity index (χ1) is 12.1. The highest BCUT2D eigenvalue weighted by atomic mass is 79.9. The zero-order valence-corrected chi connectivity index (χ0v) is 14.7. The lowest BCUT2D eigenvalue weighted by Gasteiger charge is -2.08. The number of carbonyl (C=O) groups excluding carboxylic acids is 2. The Balaban J connectivity index is 1.55. The molecule has 7 heteroatoms. The fraction of sp³-hybridized carbons (Fsp3) is 0.0556. The normalized spacial score (nSPS) is 10.3. The van der Waals surface area contributed by atoms with E-state index in [1.54, 1.807) is 48.9 Å². The molecule has 0 saturated heterocycles. The molecule has 0 radical (unpaired) electrons. The summed E-state index contributed by atoms with van der Waals surface area (Å²) in [5.41, 5.74) is 6.78. The Hall–Kier alpha value is -2.93. The summed E-state index contributed by atoms with van der Waals surface area (Å²) >= 11 is 3.31. The van der Waals surface area contributed by atoms with E-state index in [0.29, 0.717) is 17.7 Å².